The van der Waals surface area contributed by atoms with Crippen LogP contribution in [0.25, 0.3) is 0 Å². The number of rotatable bonds is 7. The van der Waals surface area contributed by atoms with Gasteiger partial charge in [0, 0.05) is 10.9 Å². The first kappa shape index (κ1) is 11.7. The summed E-state index contributed by atoms with van der Waals surface area (Å²) in [6.07, 6.45) is 6.46. The molecular formula is C12H21NS. The first-order chi connectivity index (χ1) is 6.86. The van der Waals surface area contributed by atoms with E-state index >= 15 is 0 Å². The van der Waals surface area contributed by atoms with E-state index in [1.54, 1.807) is 0 Å². The molecule has 0 radical (unpaired) electrons. The molecule has 0 saturated carbocycles. The lowest BCUT2D eigenvalue weighted by molar-refractivity contribution is 0.470. The van der Waals surface area contributed by atoms with Gasteiger partial charge in [-0.05, 0) is 44.2 Å². The van der Waals surface area contributed by atoms with Gasteiger partial charge in [0.2, 0.25) is 0 Å². The van der Waals surface area contributed by atoms with Crippen molar-refractivity contribution < 1.29 is 0 Å². The van der Waals surface area contributed by atoms with E-state index in [4.69, 9.17) is 0 Å². The molecule has 1 aromatic rings. The molecule has 0 amide bonds. The lowest BCUT2D eigenvalue weighted by Crippen LogP contribution is -2.24. The molecule has 0 bridgehead atoms. The third kappa shape index (κ3) is 4.25. The SMILES string of the molecule is CCCC(CCCc1cccs1)NC. The lowest BCUT2D eigenvalue weighted by atomic mass is 10.0. The fraction of sp³-hybridized carbons (Fsp3) is 0.667. The van der Waals surface area contributed by atoms with Gasteiger partial charge >= 0.3 is 0 Å². The minimum atomic E-state index is 0.722. The largest absolute Gasteiger partial charge is 0.317 e. The summed E-state index contributed by atoms with van der Waals surface area (Å²) in [5, 5.41) is 5.55. The molecule has 1 rings (SSSR count). The standard InChI is InChI=1S/C12H21NS/c1-3-6-11(13-2)7-4-8-12-9-5-10-14-12/h5,9-11,13H,3-4,6-8H2,1-2H3. The van der Waals surface area contributed by atoms with Gasteiger partial charge in [-0.15, -0.1) is 11.3 Å². The summed E-state index contributed by atoms with van der Waals surface area (Å²) in [4.78, 5) is 1.52. The van der Waals surface area contributed by atoms with Crippen molar-refractivity contribution in [3.63, 3.8) is 0 Å². The molecule has 1 atom stereocenters. The number of nitrogens with one attached hydrogen (secondary N) is 1. The first-order valence-corrected chi connectivity index (χ1v) is 6.44. The fourth-order valence-electron chi connectivity index (χ4n) is 1.76. The molecule has 1 aromatic heterocycles. The van der Waals surface area contributed by atoms with Crippen molar-refractivity contribution in [1.29, 1.82) is 0 Å². The van der Waals surface area contributed by atoms with Crippen molar-refractivity contribution >= 4 is 11.3 Å². The number of hydrogen-bond acceptors (Lipinski definition) is 2. The van der Waals surface area contributed by atoms with Crippen LogP contribution in [0.5, 0.6) is 0 Å². The Balaban J connectivity index is 2.13. The van der Waals surface area contributed by atoms with Crippen LogP contribution in [0, 0.1) is 0 Å². The summed E-state index contributed by atoms with van der Waals surface area (Å²) < 4.78 is 0. The molecule has 80 valence electrons. The minimum Gasteiger partial charge on any atom is -0.317 e. The molecule has 0 spiro atoms. The highest BCUT2D eigenvalue weighted by Gasteiger charge is 2.04. The molecule has 0 aromatic carbocycles. The van der Waals surface area contributed by atoms with Crippen molar-refractivity contribution in [2.45, 2.75) is 45.1 Å². The van der Waals surface area contributed by atoms with Crippen LogP contribution in [-0.2, 0) is 6.42 Å². The minimum absolute atomic E-state index is 0.722. The second-order valence-corrected chi connectivity index (χ2v) is 4.78. The lowest BCUT2D eigenvalue weighted by Gasteiger charge is -2.14. The van der Waals surface area contributed by atoms with E-state index in [1.807, 2.05) is 11.3 Å². The monoisotopic (exact) mass is 211 g/mol. The maximum absolute atomic E-state index is 3.39. The summed E-state index contributed by atoms with van der Waals surface area (Å²) in [5.41, 5.74) is 0. The van der Waals surface area contributed by atoms with Crippen molar-refractivity contribution in [3.05, 3.63) is 22.4 Å². The predicted molar refractivity (Wildman–Crippen MR) is 65.0 cm³/mol. The van der Waals surface area contributed by atoms with E-state index in [2.05, 4.69) is 36.8 Å². The second-order valence-electron chi connectivity index (χ2n) is 3.75. The Hall–Kier alpha value is -0.340. The average Bonchev–Trinajstić information content (AvgIpc) is 2.69. The van der Waals surface area contributed by atoms with Gasteiger partial charge in [0.1, 0.15) is 0 Å². The van der Waals surface area contributed by atoms with Crippen LogP contribution in [0.4, 0.5) is 0 Å². The van der Waals surface area contributed by atoms with Crippen molar-refractivity contribution in [2.75, 3.05) is 7.05 Å². The fourth-order valence-corrected chi connectivity index (χ4v) is 2.51. The zero-order chi connectivity index (χ0) is 10.2. The van der Waals surface area contributed by atoms with Crippen LogP contribution in [-0.4, -0.2) is 13.1 Å². The predicted octanol–water partition coefficient (Wildman–Crippen LogP) is 3.46. The molecule has 2 heteroatoms. The summed E-state index contributed by atoms with van der Waals surface area (Å²) in [6, 6.07) is 5.10. The highest BCUT2D eigenvalue weighted by Crippen LogP contribution is 2.13. The molecule has 0 fully saturated rings. The van der Waals surface area contributed by atoms with Gasteiger partial charge in [-0.3, -0.25) is 0 Å². The van der Waals surface area contributed by atoms with Crippen LogP contribution >= 0.6 is 11.3 Å². The van der Waals surface area contributed by atoms with Gasteiger partial charge in [0.05, 0.1) is 0 Å². The molecule has 1 heterocycles. The molecule has 0 aliphatic rings. The summed E-state index contributed by atoms with van der Waals surface area (Å²) in [6.45, 7) is 2.25. The highest BCUT2D eigenvalue weighted by molar-refractivity contribution is 7.09. The van der Waals surface area contributed by atoms with Gasteiger partial charge in [-0.2, -0.15) is 0 Å². The van der Waals surface area contributed by atoms with Gasteiger partial charge in [-0.25, -0.2) is 0 Å². The Labute approximate surface area is 91.5 Å². The topological polar surface area (TPSA) is 12.0 Å². The van der Waals surface area contributed by atoms with Gasteiger partial charge < -0.3 is 5.32 Å². The zero-order valence-corrected chi connectivity index (χ0v) is 10.1. The highest BCUT2D eigenvalue weighted by atomic mass is 32.1. The Kier molecular flexibility index (Phi) is 5.88. The summed E-state index contributed by atoms with van der Waals surface area (Å²) in [5.74, 6) is 0. The van der Waals surface area contributed by atoms with Crippen molar-refractivity contribution in [2.24, 2.45) is 0 Å². The number of hydrogen-bond donors (Lipinski definition) is 1. The number of aryl methyl sites for hydroxylation is 1. The quantitative estimate of drug-likeness (QED) is 0.728. The third-order valence-electron chi connectivity index (χ3n) is 2.60. The van der Waals surface area contributed by atoms with Crippen molar-refractivity contribution in [1.82, 2.24) is 5.32 Å². The smallest absolute Gasteiger partial charge is 0.00640 e. The molecule has 1 unspecified atom stereocenters. The maximum Gasteiger partial charge on any atom is 0.00640 e. The van der Waals surface area contributed by atoms with E-state index in [9.17, 15) is 0 Å². The second kappa shape index (κ2) is 7.02. The van der Waals surface area contributed by atoms with E-state index in [0.717, 1.165) is 6.04 Å². The molecule has 0 aliphatic heterocycles. The molecule has 1 N–H and O–H groups in total. The normalized spacial score (nSPS) is 13.0. The van der Waals surface area contributed by atoms with Gasteiger partial charge in [-0.1, -0.05) is 19.4 Å². The Morgan fingerprint density at radius 3 is 2.86 bits per heavy atom. The molecule has 0 aliphatic carbocycles. The van der Waals surface area contributed by atoms with Crippen LogP contribution < -0.4 is 5.32 Å². The molecule has 0 saturated heterocycles. The van der Waals surface area contributed by atoms with E-state index in [0.29, 0.717) is 0 Å². The third-order valence-corrected chi connectivity index (χ3v) is 3.54. The Morgan fingerprint density at radius 1 is 1.43 bits per heavy atom. The van der Waals surface area contributed by atoms with E-state index in [-0.39, 0.29) is 0 Å². The number of thiophene rings is 1. The van der Waals surface area contributed by atoms with E-state index in [1.165, 1.54) is 37.0 Å². The Morgan fingerprint density at radius 2 is 2.29 bits per heavy atom. The van der Waals surface area contributed by atoms with Crippen molar-refractivity contribution in [3.8, 4) is 0 Å². The van der Waals surface area contributed by atoms with Crippen LogP contribution in [0.2, 0.25) is 0 Å². The summed E-state index contributed by atoms with van der Waals surface area (Å²) in [7, 11) is 2.07. The maximum atomic E-state index is 3.39. The molecule has 1 nitrogen and oxygen atoms in total. The van der Waals surface area contributed by atoms with Crippen LogP contribution in [0.1, 0.15) is 37.5 Å². The first-order valence-electron chi connectivity index (χ1n) is 5.56. The van der Waals surface area contributed by atoms with Gasteiger partial charge in [0.25, 0.3) is 0 Å². The average molecular weight is 211 g/mol. The van der Waals surface area contributed by atoms with Crippen LogP contribution in [0.15, 0.2) is 17.5 Å². The molecule has 14 heavy (non-hydrogen) atoms. The Bertz CT molecular complexity index is 218. The van der Waals surface area contributed by atoms with Gasteiger partial charge in [0.15, 0.2) is 0 Å². The van der Waals surface area contributed by atoms with E-state index < -0.39 is 0 Å². The zero-order valence-electron chi connectivity index (χ0n) is 9.25. The van der Waals surface area contributed by atoms with Crippen LogP contribution in [0.3, 0.4) is 0 Å². The summed E-state index contributed by atoms with van der Waals surface area (Å²) >= 11 is 1.88. The molecular weight excluding hydrogens is 190 g/mol.